The number of aryl methyl sites for hydroxylation is 1. The summed E-state index contributed by atoms with van der Waals surface area (Å²) in [7, 11) is 1.65. The maximum Gasteiger partial charge on any atom is 0.259 e. The zero-order chi connectivity index (χ0) is 24.6. The number of hydrogen-bond donors (Lipinski definition) is 3. The van der Waals surface area contributed by atoms with Crippen molar-refractivity contribution in [3.8, 4) is 0 Å². The van der Waals surface area contributed by atoms with Gasteiger partial charge in [0.05, 0.1) is 30.0 Å². The van der Waals surface area contributed by atoms with Gasteiger partial charge in [0, 0.05) is 63.1 Å². The van der Waals surface area contributed by atoms with Crippen LogP contribution < -0.4 is 16.2 Å². The Hall–Kier alpha value is -2.75. The van der Waals surface area contributed by atoms with Crippen LogP contribution in [0.2, 0.25) is 0 Å². The number of hydrogen-bond acceptors (Lipinski definition) is 7. The fourth-order valence-corrected chi connectivity index (χ4v) is 4.75. The van der Waals surface area contributed by atoms with Crippen LogP contribution in [-0.4, -0.2) is 87.7 Å². The average molecular weight is 484 g/mol. The topological polar surface area (TPSA) is 108 Å². The molecule has 0 saturated carbocycles. The first-order chi connectivity index (χ1) is 17.1. The molecule has 2 aromatic rings. The molecule has 35 heavy (non-hydrogen) atoms. The number of carbonyl (C=O) groups is 1. The van der Waals surface area contributed by atoms with Gasteiger partial charge in [0.15, 0.2) is 0 Å². The molecular weight excluding hydrogens is 446 g/mol. The second kappa shape index (κ2) is 12.3. The molecule has 1 amide bonds. The molecule has 0 spiro atoms. The predicted molar refractivity (Wildman–Crippen MR) is 139 cm³/mol. The van der Waals surface area contributed by atoms with Gasteiger partial charge in [-0.2, -0.15) is 0 Å². The molecule has 2 fully saturated rings. The van der Waals surface area contributed by atoms with E-state index in [9.17, 15) is 9.59 Å². The predicted octanol–water partition coefficient (Wildman–Crippen LogP) is 2.32. The van der Waals surface area contributed by atoms with E-state index in [0.717, 1.165) is 75.2 Å². The van der Waals surface area contributed by atoms with Crippen molar-refractivity contribution in [2.75, 3.05) is 65.0 Å². The molecule has 9 nitrogen and oxygen atoms in total. The summed E-state index contributed by atoms with van der Waals surface area (Å²) in [6, 6.07) is 3.97. The van der Waals surface area contributed by atoms with E-state index in [1.54, 1.807) is 13.3 Å². The number of benzene rings is 1. The van der Waals surface area contributed by atoms with Gasteiger partial charge < -0.3 is 25.1 Å². The Balaban J connectivity index is 1.51. The largest absolute Gasteiger partial charge is 0.381 e. The first-order valence-electron chi connectivity index (χ1n) is 12.6. The molecule has 2 saturated heterocycles. The van der Waals surface area contributed by atoms with Gasteiger partial charge in [-0.05, 0) is 56.8 Å². The maximum atomic E-state index is 13.1. The number of fused-ring (bicyclic) bond motifs is 1. The Kier molecular flexibility index (Phi) is 8.90. The number of nitrogens with zero attached hydrogens (tertiary/aromatic N) is 2. The Morgan fingerprint density at radius 3 is 2.66 bits per heavy atom. The molecule has 2 aliphatic heterocycles. The standard InChI is InChI=1S/C26H37N5O4/c1-18-15-23-21(16-20(18)25(32)28-7-3-4-8-31-9-13-35-14-10-31)24(22(17-27-2)26(33)30-23)29-19-5-11-34-12-6-19/h15-17,19H,3-14H2,1-2H3,(H,28,32)(H2,29,30,33). The first kappa shape index (κ1) is 25.3. The number of anilines is 1. The van der Waals surface area contributed by atoms with Gasteiger partial charge in [-0.3, -0.25) is 19.5 Å². The van der Waals surface area contributed by atoms with E-state index in [2.05, 4.69) is 25.5 Å². The molecule has 1 aromatic heterocycles. The molecule has 0 atom stereocenters. The Morgan fingerprint density at radius 2 is 1.91 bits per heavy atom. The fraction of sp³-hybridized carbons (Fsp3) is 0.577. The van der Waals surface area contributed by atoms with E-state index in [1.807, 2.05) is 19.1 Å². The lowest BCUT2D eigenvalue weighted by Gasteiger charge is -2.26. The lowest BCUT2D eigenvalue weighted by molar-refractivity contribution is 0.0372. The lowest BCUT2D eigenvalue weighted by atomic mass is 10.00. The quantitative estimate of drug-likeness (QED) is 0.373. The third-order valence-electron chi connectivity index (χ3n) is 6.76. The minimum absolute atomic E-state index is 0.0929. The van der Waals surface area contributed by atoms with E-state index < -0.39 is 0 Å². The molecule has 0 aliphatic carbocycles. The minimum atomic E-state index is -0.200. The zero-order valence-corrected chi connectivity index (χ0v) is 20.8. The molecule has 0 radical (unpaired) electrons. The summed E-state index contributed by atoms with van der Waals surface area (Å²) >= 11 is 0. The smallest absolute Gasteiger partial charge is 0.259 e. The van der Waals surface area contributed by atoms with Gasteiger partial charge in [0.1, 0.15) is 0 Å². The molecule has 0 bridgehead atoms. The van der Waals surface area contributed by atoms with Crippen molar-refractivity contribution in [3.63, 3.8) is 0 Å². The van der Waals surface area contributed by atoms with Crippen LogP contribution >= 0.6 is 0 Å². The van der Waals surface area contributed by atoms with Gasteiger partial charge in [0.2, 0.25) is 0 Å². The number of aromatic amines is 1. The number of pyridine rings is 1. The number of nitrogens with one attached hydrogen (secondary N) is 3. The first-order valence-corrected chi connectivity index (χ1v) is 12.6. The normalized spacial score (nSPS) is 17.8. The van der Waals surface area contributed by atoms with Gasteiger partial charge in [-0.25, -0.2) is 0 Å². The van der Waals surface area contributed by atoms with Crippen molar-refractivity contribution in [1.29, 1.82) is 0 Å². The van der Waals surface area contributed by atoms with Crippen LogP contribution in [0.1, 0.15) is 47.2 Å². The fourth-order valence-electron chi connectivity index (χ4n) is 4.75. The summed E-state index contributed by atoms with van der Waals surface area (Å²) < 4.78 is 10.9. The number of aliphatic imine (C=N–C) groups is 1. The molecule has 4 rings (SSSR count). The zero-order valence-electron chi connectivity index (χ0n) is 20.8. The molecule has 0 unspecified atom stereocenters. The van der Waals surface area contributed by atoms with Crippen molar-refractivity contribution in [2.45, 2.75) is 38.6 Å². The summed E-state index contributed by atoms with van der Waals surface area (Å²) in [6.07, 6.45) is 5.27. The maximum absolute atomic E-state index is 13.1. The van der Waals surface area contributed by atoms with Crippen molar-refractivity contribution in [1.82, 2.24) is 15.2 Å². The summed E-state index contributed by atoms with van der Waals surface area (Å²) in [6.45, 7) is 8.53. The number of ether oxygens (including phenoxy) is 2. The lowest BCUT2D eigenvalue weighted by Crippen LogP contribution is -2.37. The molecule has 1 aromatic carbocycles. The third kappa shape index (κ3) is 6.48. The van der Waals surface area contributed by atoms with Gasteiger partial charge in [0.25, 0.3) is 11.5 Å². The van der Waals surface area contributed by atoms with Crippen LogP contribution in [0.4, 0.5) is 5.69 Å². The highest BCUT2D eigenvalue weighted by Gasteiger charge is 2.20. The number of amides is 1. The van der Waals surface area contributed by atoms with Crippen molar-refractivity contribution >= 4 is 28.7 Å². The van der Waals surface area contributed by atoms with Crippen LogP contribution in [-0.2, 0) is 9.47 Å². The highest BCUT2D eigenvalue weighted by atomic mass is 16.5. The second-order valence-corrected chi connectivity index (χ2v) is 9.29. The molecule has 2 aliphatic rings. The van der Waals surface area contributed by atoms with Crippen LogP contribution in [0, 0.1) is 6.92 Å². The highest BCUT2D eigenvalue weighted by Crippen LogP contribution is 2.28. The summed E-state index contributed by atoms with van der Waals surface area (Å²) in [4.78, 5) is 35.4. The van der Waals surface area contributed by atoms with Crippen molar-refractivity contribution < 1.29 is 14.3 Å². The number of aromatic nitrogens is 1. The number of morpholine rings is 1. The Labute approximate surface area is 206 Å². The number of rotatable bonds is 9. The van der Waals surface area contributed by atoms with E-state index in [-0.39, 0.29) is 17.5 Å². The van der Waals surface area contributed by atoms with Crippen LogP contribution in [0.5, 0.6) is 0 Å². The monoisotopic (exact) mass is 483 g/mol. The van der Waals surface area contributed by atoms with E-state index in [4.69, 9.17) is 9.47 Å². The number of H-pyrrole nitrogens is 1. The molecule has 9 heteroatoms. The minimum Gasteiger partial charge on any atom is -0.381 e. The molecule has 3 heterocycles. The summed E-state index contributed by atoms with van der Waals surface area (Å²) in [5.41, 5.74) is 3.15. The molecular formula is C26H37N5O4. The number of unbranched alkanes of at least 4 members (excludes halogenated alkanes) is 1. The average Bonchev–Trinajstić information content (AvgIpc) is 2.87. The molecule has 190 valence electrons. The van der Waals surface area contributed by atoms with E-state index in [1.165, 1.54) is 0 Å². The SMILES string of the molecule is CN=Cc1c(NC2CCOCC2)c2cc(C(=O)NCCCCN3CCOCC3)c(C)cc2[nH]c1=O. The van der Waals surface area contributed by atoms with Crippen molar-refractivity contribution in [3.05, 3.63) is 39.2 Å². The van der Waals surface area contributed by atoms with Crippen LogP contribution in [0.25, 0.3) is 10.9 Å². The van der Waals surface area contributed by atoms with Gasteiger partial charge in [-0.15, -0.1) is 0 Å². The second-order valence-electron chi connectivity index (χ2n) is 9.29. The van der Waals surface area contributed by atoms with Crippen LogP contribution in [0.15, 0.2) is 21.9 Å². The van der Waals surface area contributed by atoms with Gasteiger partial charge in [-0.1, -0.05) is 0 Å². The van der Waals surface area contributed by atoms with Gasteiger partial charge >= 0.3 is 0 Å². The summed E-state index contributed by atoms with van der Waals surface area (Å²) in [5.74, 6) is -0.0929. The Bertz CT molecular complexity index is 1100. The highest BCUT2D eigenvalue weighted by molar-refractivity contribution is 6.06. The van der Waals surface area contributed by atoms with Crippen LogP contribution in [0.3, 0.4) is 0 Å². The number of carbonyl (C=O) groups excluding carboxylic acids is 1. The summed E-state index contributed by atoms with van der Waals surface area (Å²) in [5, 5.41) is 7.45. The molecule has 3 N–H and O–H groups in total. The third-order valence-corrected chi connectivity index (χ3v) is 6.76. The Morgan fingerprint density at radius 1 is 1.17 bits per heavy atom. The van der Waals surface area contributed by atoms with E-state index in [0.29, 0.717) is 36.4 Å². The van der Waals surface area contributed by atoms with Crippen molar-refractivity contribution in [2.24, 2.45) is 4.99 Å². The van der Waals surface area contributed by atoms with E-state index >= 15 is 0 Å².